The van der Waals surface area contributed by atoms with Crippen LogP contribution in [0.25, 0.3) is 0 Å². The smallest absolute Gasteiger partial charge is 0.317 e. The van der Waals surface area contributed by atoms with E-state index in [1.165, 1.54) is 11.3 Å². The maximum absolute atomic E-state index is 12.4. The van der Waals surface area contributed by atoms with Crippen molar-refractivity contribution in [3.8, 4) is 0 Å². The number of nitrogens with zero attached hydrogens (tertiary/aromatic N) is 3. The molecule has 9 heteroatoms. The number of anilines is 2. The number of carbonyl (C=O) groups is 2. The molecule has 0 unspecified atom stereocenters. The monoisotopic (exact) mass is 404 g/mol. The van der Waals surface area contributed by atoms with Crippen molar-refractivity contribution in [2.24, 2.45) is 0 Å². The summed E-state index contributed by atoms with van der Waals surface area (Å²) < 4.78 is 0. The van der Waals surface area contributed by atoms with E-state index in [0.29, 0.717) is 36.7 Å². The lowest BCUT2D eigenvalue weighted by molar-refractivity contribution is 0.102. The maximum atomic E-state index is 12.4. The van der Waals surface area contributed by atoms with E-state index in [2.05, 4.69) is 15.6 Å². The standard InChI is InChI=1S/C19H28N6O2S/c1-4-7-21-19(27)25(9-8-24(2)3)11-14-5-6-16(22-10-14)18(26)23-17-13-28-12-15(17)20/h5-6,10,12-13H,4,7-9,11,20H2,1-3H3,(H,21,27)(H,23,26). The van der Waals surface area contributed by atoms with Crippen molar-refractivity contribution < 1.29 is 9.59 Å². The third kappa shape index (κ3) is 6.50. The van der Waals surface area contributed by atoms with E-state index in [1.54, 1.807) is 27.9 Å². The van der Waals surface area contributed by atoms with E-state index < -0.39 is 0 Å². The van der Waals surface area contributed by atoms with Crippen LogP contribution < -0.4 is 16.4 Å². The number of aromatic nitrogens is 1. The first-order valence-corrected chi connectivity index (χ1v) is 10.1. The number of rotatable bonds is 9. The van der Waals surface area contributed by atoms with Crippen molar-refractivity contribution in [2.75, 3.05) is 44.8 Å². The van der Waals surface area contributed by atoms with Crippen LogP contribution in [0, 0.1) is 0 Å². The summed E-state index contributed by atoms with van der Waals surface area (Å²) in [7, 11) is 3.94. The Bertz CT molecular complexity index is 775. The summed E-state index contributed by atoms with van der Waals surface area (Å²) in [6.45, 7) is 4.44. The SMILES string of the molecule is CCCNC(=O)N(CCN(C)C)Cc1ccc(C(=O)Nc2cscc2N)nc1. The zero-order valence-electron chi connectivity index (χ0n) is 16.6. The lowest BCUT2D eigenvalue weighted by Gasteiger charge is -2.24. The molecule has 28 heavy (non-hydrogen) atoms. The number of hydrogen-bond acceptors (Lipinski definition) is 6. The van der Waals surface area contributed by atoms with E-state index in [4.69, 9.17) is 5.73 Å². The molecule has 152 valence electrons. The summed E-state index contributed by atoms with van der Waals surface area (Å²) in [6, 6.07) is 3.37. The van der Waals surface area contributed by atoms with Crippen LogP contribution in [0.4, 0.5) is 16.2 Å². The molecule has 2 aromatic rings. The molecule has 0 spiro atoms. The molecule has 0 aliphatic carbocycles. The molecule has 2 rings (SSSR count). The number of hydrogen-bond donors (Lipinski definition) is 3. The van der Waals surface area contributed by atoms with Crippen LogP contribution in [-0.4, -0.2) is 60.5 Å². The van der Waals surface area contributed by atoms with Gasteiger partial charge in [-0.25, -0.2) is 4.79 Å². The minimum absolute atomic E-state index is 0.0987. The van der Waals surface area contributed by atoms with Crippen molar-refractivity contribution in [3.63, 3.8) is 0 Å². The van der Waals surface area contributed by atoms with Crippen molar-refractivity contribution in [1.82, 2.24) is 20.1 Å². The Hall–Kier alpha value is -2.65. The van der Waals surface area contributed by atoms with Gasteiger partial charge < -0.3 is 26.2 Å². The van der Waals surface area contributed by atoms with Crippen molar-refractivity contribution in [2.45, 2.75) is 19.9 Å². The molecule has 0 aliphatic heterocycles. The van der Waals surface area contributed by atoms with E-state index in [0.717, 1.165) is 18.5 Å². The Kier molecular flexibility index (Phi) is 8.21. The predicted molar refractivity (Wildman–Crippen MR) is 114 cm³/mol. The van der Waals surface area contributed by atoms with Gasteiger partial charge in [0.25, 0.3) is 5.91 Å². The molecule has 3 amide bonds. The summed E-state index contributed by atoms with van der Waals surface area (Å²) in [4.78, 5) is 32.7. The maximum Gasteiger partial charge on any atom is 0.317 e. The highest BCUT2D eigenvalue weighted by molar-refractivity contribution is 7.09. The highest BCUT2D eigenvalue weighted by Gasteiger charge is 2.15. The van der Waals surface area contributed by atoms with E-state index in [1.807, 2.05) is 32.0 Å². The molecule has 0 saturated heterocycles. The number of nitrogen functional groups attached to an aromatic ring is 1. The second-order valence-electron chi connectivity index (χ2n) is 6.70. The van der Waals surface area contributed by atoms with Crippen molar-refractivity contribution in [1.29, 1.82) is 0 Å². The Labute approximate surface area is 169 Å². The number of urea groups is 1. The van der Waals surface area contributed by atoms with Crippen molar-refractivity contribution >= 4 is 34.6 Å². The number of thiophene rings is 1. The molecule has 2 heterocycles. The Morgan fingerprint density at radius 2 is 2.00 bits per heavy atom. The van der Waals surface area contributed by atoms with Crippen LogP contribution in [0.3, 0.4) is 0 Å². The zero-order chi connectivity index (χ0) is 20.5. The summed E-state index contributed by atoms with van der Waals surface area (Å²) in [6.07, 6.45) is 2.51. The molecule has 2 aromatic heterocycles. The number of pyridine rings is 1. The van der Waals surface area contributed by atoms with Crippen LogP contribution in [-0.2, 0) is 6.54 Å². The average Bonchev–Trinajstić information content (AvgIpc) is 3.08. The summed E-state index contributed by atoms with van der Waals surface area (Å²) in [5.41, 5.74) is 8.06. The summed E-state index contributed by atoms with van der Waals surface area (Å²) >= 11 is 1.42. The second kappa shape index (κ2) is 10.6. The first-order chi connectivity index (χ1) is 13.4. The van der Waals surface area contributed by atoms with E-state index in [-0.39, 0.29) is 11.9 Å². The Morgan fingerprint density at radius 1 is 1.21 bits per heavy atom. The Morgan fingerprint density at radius 3 is 2.57 bits per heavy atom. The number of nitrogens with one attached hydrogen (secondary N) is 2. The number of nitrogens with two attached hydrogens (primary N) is 1. The van der Waals surface area contributed by atoms with Gasteiger partial charge in [-0.05, 0) is 32.1 Å². The molecule has 0 saturated carbocycles. The summed E-state index contributed by atoms with van der Waals surface area (Å²) in [5, 5.41) is 9.19. The van der Waals surface area contributed by atoms with Gasteiger partial charge in [-0.1, -0.05) is 13.0 Å². The fourth-order valence-electron chi connectivity index (χ4n) is 2.38. The predicted octanol–water partition coefficient (Wildman–Crippen LogP) is 2.46. The number of likely N-dealkylation sites (N-methyl/N-ethyl adjacent to an activating group) is 1. The van der Waals surface area contributed by atoms with Crippen LogP contribution in [0.5, 0.6) is 0 Å². The molecule has 0 radical (unpaired) electrons. The van der Waals surface area contributed by atoms with Crippen LogP contribution in [0.15, 0.2) is 29.1 Å². The fourth-order valence-corrected chi connectivity index (χ4v) is 3.06. The zero-order valence-corrected chi connectivity index (χ0v) is 17.4. The number of carbonyl (C=O) groups excluding carboxylic acids is 2. The van der Waals surface area contributed by atoms with Crippen LogP contribution in [0.1, 0.15) is 29.4 Å². The van der Waals surface area contributed by atoms with Gasteiger partial charge in [-0.3, -0.25) is 9.78 Å². The first-order valence-electron chi connectivity index (χ1n) is 9.16. The molecular weight excluding hydrogens is 376 g/mol. The third-order valence-corrected chi connectivity index (χ3v) is 4.76. The molecule has 0 atom stereocenters. The molecule has 0 aliphatic rings. The van der Waals surface area contributed by atoms with E-state index >= 15 is 0 Å². The topological polar surface area (TPSA) is 104 Å². The summed E-state index contributed by atoms with van der Waals surface area (Å²) in [5.74, 6) is -0.318. The van der Waals surface area contributed by atoms with Crippen molar-refractivity contribution in [3.05, 3.63) is 40.3 Å². The van der Waals surface area contributed by atoms with Crippen LogP contribution >= 0.6 is 11.3 Å². The first kappa shape index (κ1) is 21.6. The lowest BCUT2D eigenvalue weighted by Crippen LogP contribution is -2.42. The van der Waals surface area contributed by atoms with Gasteiger partial charge in [0.1, 0.15) is 5.69 Å². The Balaban J connectivity index is 2.01. The van der Waals surface area contributed by atoms with Gasteiger partial charge in [-0.15, -0.1) is 11.3 Å². The molecular formula is C19H28N6O2S. The number of amides is 3. The molecule has 4 N–H and O–H groups in total. The van der Waals surface area contributed by atoms with Gasteiger partial charge in [0, 0.05) is 43.1 Å². The normalized spacial score (nSPS) is 10.7. The van der Waals surface area contributed by atoms with Gasteiger partial charge >= 0.3 is 6.03 Å². The molecule has 8 nitrogen and oxygen atoms in total. The van der Waals surface area contributed by atoms with Gasteiger partial charge in [-0.2, -0.15) is 0 Å². The largest absolute Gasteiger partial charge is 0.396 e. The molecule has 0 fully saturated rings. The average molecular weight is 405 g/mol. The van der Waals surface area contributed by atoms with E-state index in [9.17, 15) is 9.59 Å². The quantitative estimate of drug-likeness (QED) is 0.596. The fraction of sp³-hybridized carbons (Fsp3) is 0.421. The highest BCUT2D eigenvalue weighted by Crippen LogP contribution is 2.23. The minimum Gasteiger partial charge on any atom is -0.396 e. The van der Waals surface area contributed by atoms with Gasteiger partial charge in [0.2, 0.25) is 0 Å². The minimum atomic E-state index is -0.318. The van der Waals surface area contributed by atoms with Crippen LogP contribution in [0.2, 0.25) is 0 Å². The lowest BCUT2D eigenvalue weighted by atomic mass is 10.2. The molecule has 0 aromatic carbocycles. The van der Waals surface area contributed by atoms with Gasteiger partial charge in [0.15, 0.2) is 0 Å². The highest BCUT2D eigenvalue weighted by atomic mass is 32.1. The van der Waals surface area contributed by atoms with Gasteiger partial charge in [0.05, 0.1) is 11.4 Å². The second-order valence-corrected chi connectivity index (χ2v) is 7.45. The molecule has 0 bridgehead atoms. The third-order valence-electron chi connectivity index (χ3n) is 4.00.